The second-order valence-corrected chi connectivity index (χ2v) is 7.56. The van der Waals surface area contributed by atoms with Crippen LogP contribution >= 0.6 is 0 Å². The lowest BCUT2D eigenvalue weighted by Gasteiger charge is -2.30. The van der Waals surface area contributed by atoms with Crippen molar-refractivity contribution in [3.05, 3.63) is 35.6 Å². The molecule has 2 rings (SSSR count). The van der Waals surface area contributed by atoms with Crippen LogP contribution in [0.2, 0.25) is 0 Å². The van der Waals surface area contributed by atoms with Crippen molar-refractivity contribution in [1.29, 1.82) is 0 Å². The lowest BCUT2D eigenvalue weighted by atomic mass is 9.78. The van der Waals surface area contributed by atoms with Gasteiger partial charge in [-0.1, -0.05) is 31.0 Å². The summed E-state index contributed by atoms with van der Waals surface area (Å²) in [4.78, 5) is 25.0. The summed E-state index contributed by atoms with van der Waals surface area (Å²) in [5.41, 5.74) is -1.02. The van der Waals surface area contributed by atoms with Gasteiger partial charge < -0.3 is 10.1 Å². The SMILES string of the molecule is C[C@H](OC(=O)C1(c2ccccc2F)CCCC1)C(=O)NC(C)(C)C. The molecule has 1 aliphatic carbocycles. The Morgan fingerprint density at radius 2 is 1.79 bits per heavy atom. The van der Waals surface area contributed by atoms with Gasteiger partial charge in [-0.15, -0.1) is 0 Å². The predicted octanol–water partition coefficient (Wildman–Crippen LogP) is 3.48. The molecular formula is C19H26FNO3. The second kappa shape index (κ2) is 6.91. The van der Waals surface area contributed by atoms with E-state index in [2.05, 4.69) is 5.32 Å². The third-order valence-corrected chi connectivity index (χ3v) is 4.39. The summed E-state index contributed by atoms with van der Waals surface area (Å²) in [6, 6.07) is 6.33. The predicted molar refractivity (Wildman–Crippen MR) is 90.0 cm³/mol. The van der Waals surface area contributed by atoms with Crippen LogP contribution in [-0.4, -0.2) is 23.5 Å². The van der Waals surface area contributed by atoms with Crippen molar-refractivity contribution in [3.63, 3.8) is 0 Å². The molecule has 0 bridgehead atoms. The average molecular weight is 335 g/mol. The van der Waals surface area contributed by atoms with Gasteiger partial charge in [0.05, 0.1) is 5.41 Å². The first kappa shape index (κ1) is 18.4. The van der Waals surface area contributed by atoms with E-state index in [1.807, 2.05) is 20.8 Å². The number of amides is 1. The number of hydrogen-bond acceptors (Lipinski definition) is 3. The molecule has 1 aromatic carbocycles. The highest BCUT2D eigenvalue weighted by Crippen LogP contribution is 2.43. The van der Waals surface area contributed by atoms with Crippen LogP contribution in [0.4, 0.5) is 4.39 Å². The Labute approximate surface area is 142 Å². The number of nitrogens with one attached hydrogen (secondary N) is 1. The van der Waals surface area contributed by atoms with Crippen LogP contribution in [0.25, 0.3) is 0 Å². The number of halogens is 1. The molecule has 1 fully saturated rings. The number of benzene rings is 1. The number of ether oxygens (including phenoxy) is 1. The third-order valence-electron chi connectivity index (χ3n) is 4.39. The number of hydrogen-bond donors (Lipinski definition) is 1. The van der Waals surface area contributed by atoms with Gasteiger partial charge in [-0.25, -0.2) is 4.39 Å². The minimum Gasteiger partial charge on any atom is -0.452 e. The van der Waals surface area contributed by atoms with E-state index in [1.165, 1.54) is 6.07 Å². The fourth-order valence-corrected chi connectivity index (χ4v) is 3.21. The molecule has 1 N–H and O–H groups in total. The van der Waals surface area contributed by atoms with Gasteiger partial charge in [-0.3, -0.25) is 9.59 Å². The second-order valence-electron chi connectivity index (χ2n) is 7.56. The highest BCUT2D eigenvalue weighted by Gasteiger charge is 2.46. The lowest BCUT2D eigenvalue weighted by molar-refractivity contribution is -0.161. The molecule has 0 saturated heterocycles. The first-order chi connectivity index (χ1) is 11.2. The number of carbonyl (C=O) groups is 2. The van der Waals surface area contributed by atoms with E-state index in [0.717, 1.165) is 12.8 Å². The van der Waals surface area contributed by atoms with Crippen LogP contribution in [0.3, 0.4) is 0 Å². The Balaban J connectivity index is 2.19. The normalized spacial score (nSPS) is 18.0. The fraction of sp³-hybridized carbons (Fsp3) is 0.579. The van der Waals surface area contributed by atoms with Crippen molar-refractivity contribution < 1.29 is 18.7 Å². The quantitative estimate of drug-likeness (QED) is 0.857. The summed E-state index contributed by atoms with van der Waals surface area (Å²) in [6.45, 7) is 7.12. The molecule has 0 spiro atoms. The smallest absolute Gasteiger partial charge is 0.317 e. The molecule has 5 heteroatoms. The van der Waals surface area contributed by atoms with E-state index in [0.29, 0.717) is 18.4 Å². The van der Waals surface area contributed by atoms with Crippen LogP contribution in [-0.2, 0) is 19.7 Å². The molecule has 1 atom stereocenters. The Hall–Kier alpha value is -1.91. The first-order valence-corrected chi connectivity index (χ1v) is 8.44. The molecule has 0 aromatic heterocycles. The highest BCUT2D eigenvalue weighted by molar-refractivity contribution is 5.88. The number of esters is 1. The van der Waals surface area contributed by atoms with Gasteiger partial charge in [0, 0.05) is 11.1 Å². The molecule has 1 aromatic rings. The van der Waals surface area contributed by atoms with E-state index in [4.69, 9.17) is 4.74 Å². The maximum Gasteiger partial charge on any atom is 0.317 e. The monoisotopic (exact) mass is 335 g/mol. The van der Waals surface area contributed by atoms with Crippen LogP contribution in [0.5, 0.6) is 0 Å². The minimum absolute atomic E-state index is 0.350. The zero-order chi connectivity index (χ0) is 18.0. The van der Waals surface area contributed by atoms with Gasteiger partial charge in [0.15, 0.2) is 6.10 Å². The molecule has 0 unspecified atom stereocenters. The van der Waals surface area contributed by atoms with Gasteiger partial charge in [-0.05, 0) is 46.6 Å². The largest absolute Gasteiger partial charge is 0.452 e. The molecule has 24 heavy (non-hydrogen) atoms. The van der Waals surface area contributed by atoms with E-state index in [1.54, 1.807) is 25.1 Å². The Kier molecular flexibility index (Phi) is 5.31. The Bertz CT molecular complexity index is 615. The third kappa shape index (κ3) is 3.94. The molecular weight excluding hydrogens is 309 g/mol. The molecule has 0 heterocycles. The molecule has 1 aliphatic rings. The maximum absolute atomic E-state index is 14.3. The maximum atomic E-state index is 14.3. The summed E-state index contributed by atoms with van der Waals surface area (Å²) in [7, 11) is 0. The topological polar surface area (TPSA) is 55.4 Å². The number of carbonyl (C=O) groups excluding carboxylic acids is 2. The van der Waals surface area contributed by atoms with Gasteiger partial charge in [0.25, 0.3) is 5.91 Å². The van der Waals surface area contributed by atoms with Gasteiger partial charge in [-0.2, -0.15) is 0 Å². The summed E-state index contributed by atoms with van der Waals surface area (Å²) < 4.78 is 19.7. The van der Waals surface area contributed by atoms with Crippen LogP contribution in [0, 0.1) is 5.82 Å². The van der Waals surface area contributed by atoms with E-state index in [-0.39, 0.29) is 5.91 Å². The van der Waals surface area contributed by atoms with E-state index >= 15 is 0 Å². The molecule has 4 nitrogen and oxygen atoms in total. The van der Waals surface area contributed by atoms with Gasteiger partial charge in [0.2, 0.25) is 0 Å². The molecule has 1 saturated carbocycles. The van der Waals surface area contributed by atoms with Crippen LogP contribution in [0.1, 0.15) is 58.9 Å². The Morgan fingerprint density at radius 1 is 1.21 bits per heavy atom. The van der Waals surface area contributed by atoms with Crippen molar-refractivity contribution in [2.75, 3.05) is 0 Å². The highest BCUT2D eigenvalue weighted by atomic mass is 19.1. The summed E-state index contributed by atoms with van der Waals surface area (Å²) in [5, 5.41) is 2.79. The minimum atomic E-state index is -0.985. The summed E-state index contributed by atoms with van der Waals surface area (Å²) >= 11 is 0. The van der Waals surface area contributed by atoms with Gasteiger partial charge in [0.1, 0.15) is 5.82 Å². The molecule has 132 valence electrons. The average Bonchev–Trinajstić information content (AvgIpc) is 2.96. The van der Waals surface area contributed by atoms with Crippen molar-refractivity contribution in [2.24, 2.45) is 0 Å². The van der Waals surface area contributed by atoms with Crippen molar-refractivity contribution >= 4 is 11.9 Å². The van der Waals surface area contributed by atoms with E-state index in [9.17, 15) is 14.0 Å². The molecule has 0 aliphatic heterocycles. The van der Waals surface area contributed by atoms with Crippen LogP contribution in [0.15, 0.2) is 24.3 Å². The van der Waals surface area contributed by atoms with E-state index < -0.39 is 28.8 Å². The van der Waals surface area contributed by atoms with Crippen molar-refractivity contribution in [3.8, 4) is 0 Å². The fourth-order valence-electron chi connectivity index (χ4n) is 3.21. The Morgan fingerprint density at radius 3 is 2.33 bits per heavy atom. The van der Waals surface area contributed by atoms with Crippen LogP contribution < -0.4 is 5.32 Å². The standard InChI is InChI=1S/C19H26FNO3/c1-13(16(22)21-18(2,3)4)24-17(23)19(11-7-8-12-19)14-9-5-6-10-15(14)20/h5-6,9-10,13H,7-8,11-12H2,1-4H3,(H,21,22)/t13-/m0/s1. The van der Waals surface area contributed by atoms with Gasteiger partial charge >= 0.3 is 5.97 Å². The van der Waals surface area contributed by atoms with Crippen molar-refractivity contribution in [2.45, 2.75) is 70.4 Å². The first-order valence-electron chi connectivity index (χ1n) is 8.44. The lowest BCUT2D eigenvalue weighted by Crippen LogP contribution is -2.48. The zero-order valence-electron chi connectivity index (χ0n) is 14.8. The van der Waals surface area contributed by atoms with Crippen molar-refractivity contribution in [1.82, 2.24) is 5.32 Å². The molecule has 1 amide bonds. The molecule has 0 radical (unpaired) electrons. The summed E-state index contributed by atoms with van der Waals surface area (Å²) in [6.07, 6.45) is 1.85. The zero-order valence-corrected chi connectivity index (χ0v) is 14.8. The summed E-state index contributed by atoms with van der Waals surface area (Å²) in [5.74, 6) is -1.26. The number of rotatable bonds is 4.